The van der Waals surface area contributed by atoms with E-state index < -0.39 is 12.1 Å². The summed E-state index contributed by atoms with van der Waals surface area (Å²) in [7, 11) is 3.97. The van der Waals surface area contributed by atoms with Gasteiger partial charge in [0.15, 0.2) is 6.17 Å². The Balaban J connectivity index is 4.15. The van der Waals surface area contributed by atoms with Gasteiger partial charge in [0, 0.05) is 21.3 Å². The van der Waals surface area contributed by atoms with Crippen LogP contribution in [0.1, 0.15) is 6.92 Å². The van der Waals surface area contributed by atoms with Crippen LogP contribution in [0.2, 0.25) is 0 Å². The van der Waals surface area contributed by atoms with Crippen LogP contribution in [0.25, 0.3) is 0 Å². The van der Waals surface area contributed by atoms with Gasteiger partial charge in [-0.3, -0.25) is 0 Å². The first-order valence-corrected chi connectivity index (χ1v) is 2.92. The molecule has 0 aromatic rings. The molecule has 0 N–H and O–H groups in total. The van der Waals surface area contributed by atoms with Gasteiger partial charge in [-0.1, -0.05) is 0 Å². The average Bonchev–Trinajstić information content (AvgIpc) is 1.92. The molecule has 0 bridgehead atoms. The molecule has 0 aliphatic heterocycles. The van der Waals surface area contributed by atoms with E-state index in [4.69, 9.17) is 0 Å². The monoisotopic (exact) mass is 152 g/mol. The molecule has 0 amide bonds. The first kappa shape index (κ1) is 9.81. The van der Waals surface area contributed by atoms with Crippen LogP contribution < -0.4 is 0 Å². The number of hydrogen-bond acceptors (Lipinski definition) is 3. The molecule has 0 saturated carbocycles. The van der Waals surface area contributed by atoms with Gasteiger partial charge in [-0.2, -0.15) is 0 Å². The van der Waals surface area contributed by atoms with Gasteiger partial charge in [0.05, 0.1) is 0 Å². The minimum Gasteiger partial charge on any atom is -0.329 e. The molecule has 0 rings (SSSR count). The first-order chi connectivity index (χ1) is 4.63. The highest BCUT2D eigenvalue weighted by molar-refractivity contribution is 4.62. The van der Waals surface area contributed by atoms with Crippen LogP contribution in [0.3, 0.4) is 0 Å². The second-order valence-corrected chi connectivity index (χ2v) is 1.83. The van der Waals surface area contributed by atoms with Crippen molar-refractivity contribution in [2.75, 3.05) is 21.3 Å². The molecule has 62 valence electrons. The van der Waals surface area contributed by atoms with Gasteiger partial charge < -0.3 is 14.2 Å². The maximum Gasteiger partial charge on any atom is 0.315 e. The molecule has 3 nitrogen and oxygen atoms in total. The maximum absolute atomic E-state index is 12.6. The lowest BCUT2D eigenvalue weighted by Crippen LogP contribution is -2.44. The number of ether oxygens (including phenoxy) is 3. The van der Waals surface area contributed by atoms with Crippen LogP contribution in [-0.2, 0) is 14.2 Å². The van der Waals surface area contributed by atoms with Crippen LogP contribution >= 0.6 is 0 Å². The molecule has 0 aromatic carbocycles. The molecule has 0 aromatic heterocycles. The second-order valence-electron chi connectivity index (χ2n) is 1.83. The zero-order valence-corrected chi connectivity index (χ0v) is 6.68. The van der Waals surface area contributed by atoms with Gasteiger partial charge in [0.2, 0.25) is 0 Å². The molecule has 4 heteroatoms. The second kappa shape index (κ2) is 3.85. The fraction of sp³-hybridized carbons (Fsp3) is 1.00. The van der Waals surface area contributed by atoms with Crippen LogP contribution in [0.4, 0.5) is 4.39 Å². The molecule has 0 saturated heterocycles. The van der Waals surface area contributed by atoms with Crippen molar-refractivity contribution in [1.29, 1.82) is 0 Å². The Morgan fingerprint density at radius 2 is 1.40 bits per heavy atom. The van der Waals surface area contributed by atoms with Gasteiger partial charge in [-0.25, -0.2) is 4.39 Å². The Morgan fingerprint density at radius 3 is 1.40 bits per heavy atom. The summed E-state index contributed by atoms with van der Waals surface area (Å²) >= 11 is 0. The summed E-state index contributed by atoms with van der Waals surface area (Å²) in [6.07, 6.45) is -1.33. The van der Waals surface area contributed by atoms with Crippen LogP contribution in [-0.4, -0.2) is 33.5 Å². The lowest BCUT2D eigenvalue weighted by atomic mass is 10.4. The van der Waals surface area contributed by atoms with E-state index in [0.29, 0.717) is 0 Å². The Morgan fingerprint density at radius 1 is 1.10 bits per heavy atom. The van der Waals surface area contributed by atoms with Gasteiger partial charge in [-0.15, -0.1) is 0 Å². The average molecular weight is 152 g/mol. The van der Waals surface area contributed by atoms with Gasteiger partial charge in [0.1, 0.15) is 0 Å². The van der Waals surface area contributed by atoms with E-state index in [1.807, 2.05) is 0 Å². The molecule has 1 atom stereocenters. The van der Waals surface area contributed by atoms with E-state index in [-0.39, 0.29) is 0 Å². The van der Waals surface area contributed by atoms with Crippen molar-refractivity contribution in [3.63, 3.8) is 0 Å². The van der Waals surface area contributed by atoms with Crippen molar-refractivity contribution < 1.29 is 18.6 Å². The zero-order valence-electron chi connectivity index (χ0n) is 6.68. The predicted octanol–water partition coefficient (Wildman–Crippen LogP) is 0.937. The lowest BCUT2D eigenvalue weighted by Gasteiger charge is -2.29. The Labute approximate surface area is 60.1 Å². The van der Waals surface area contributed by atoms with Crippen molar-refractivity contribution in [3.8, 4) is 0 Å². The Bertz CT molecular complexity index is 82.7. The third-order valence-electron chi connectivity index (χ3n) is 1.34. The predicted molar refractivity (Wildman–Crippen MR) is 34.3 cm³/mol. The first-order valence-electron chi connectivity index (χ1n) is 2.92. The van der Waals surface area contributed by atoms with Gasteiger partial charge in [0.25, 0.3) is 0 Å². The number of methoxy groups -OCH3 is 3. The highest BCUT2D eigenvalue weighted by atomic mass is 19.1. The van der Waals surface area contributed by atoms with E-state index in [1.165, 1.54) is 28.3 Å². The molecular formula is C6H13FO3. The fourth-order valence-corrected chi connectivity index (χ4v) is 0.737. The number of alkyl halides is 1. The molecule has 0 radical (unpaired) electrons. The third-order valence-corrected chi connectivity index (χ3v) is 1.34. The quantitative estimate of drug-likeness (QED) is 0.561. The van der Waals surface area contributed by atoms with Crippen LogP contribution in [0, 0.1) is 0 Å². The summed E-state index contributed by atoms with van der Waals surface area (Å²) in [5.74, 6) is -1.54. The van der Waals surface area contributed by atoms with Crippen molar-refractivity contribution in [1.82, 2.24) is 0 Å². The fourth-order valence-electron chi connectivity index (χ4n) is 0.737. The SMILES string of the molecule is COC(OC)(OC)C(C)F. The molecule has 0 spiro atoms. The normalized spacial score (nSPS) is 15.3. The van der Waals surface area contributed by atoms with Gasteiger partial charge in [-0.05, 0) is 6.92 Å². The summed E-state index contributed by atoms with van der Waals surface area (Å²) < 4.78 is 26.7. The minimum absolute atomic E-state index is 1.30. The lowest BCUT2D eigenvalue weighted by molar-refractivity contribution is -0.375. The topological polar surface area (TPSA) is 27.7 Å². The number of halogens is 1. The largest absolute Gasteiger partial charge is 0.329 e. The summed E-state index contributed by atoms with van der Waals surface area (Å²) in [5.41, 5.74) is 0. The van der Waals surface area contributed by atoms with E-state index in [0.717, 1.165) is 0 Å². The van der Waals surface area contributed by atoms with Crippen molar-refractivity contribution in [2.24, 2.45) is 0 Å². The van der Waals surface area contributed by atoms with Gasteiger partial charge >= 0.3 is 5.97 Å². The van der Waals surface area contributed by atoms with E-state index in [2.05, 4.69) is 14.2 Å². The summed E-state index contributed by atoms with van der Waals surface area (Å²) in [5, 5.41) is 0. The van der Waals surface area contributed by atoms with Crippen molar-refractivity contribution in [3.05, 3.63) is 0 Å². The van der Waals surface area contributed by atoms with Crippen molar-refractivity contribution in [2.45, 2.75) is 19.1 Å². The Kier molecular flexibility index (Phi) is 3.78. The van der Waals surface area contributed by atoms with Crippen LogP contribution in [0.5, 0.6) is 0 Å². The minimum atomic E-state index is -1.54. The standard InChI is InChI=1S/C6H13FO3/c1-5(7)6(8-2,9-3)10-4/h5H,1-4H3. The number of hydrogen-bond donors (Lipinski definition) is 0. The molecule has 10 heavy (non-hydrogen) atoms. The summed E-state index contributed by atoms with van der Waals surface area (Å²) in [4.78, 5) is 0. The highest BCUT2D eigenvalue weighted by Crippen LogP contribution is 2.19. The molecular weight excluding hydrogens is 139 g/mol. The molecule has 0 aliphatic rings. The maximum atomic E-state index is 12.6. The van der Waals surface area contributed by atoms with E-state index >= 15 is 0 Å². The van der Waals surface area contributed by atoms with Crippen molar-refractivity contribution >= 4 is 0 Å². The van der Waals surface area contributed by atoms with E-state index in [1.54, 1.807) is 0 Å². The highest BCUT2D eigenvalue weighted by Gasteiger charge is 2.37. The summed E-state index contributed by atoms with van der Waals surface area (Å²) in [6, 6.07) is 0. The Hall–Kier alpha value is -0.190. The molecule has 0 aliphatic carbocycles. The molecule has 0 heterocycles. The van der Waals surface area contributed by atoms with Crippen LogP contribution in [0.15, 0.2) is 0 Å². The molecule has 1 unspecified atom stereocenters. The summed E-state index contributed by atoms with van der Waals surface area (Å²) in [6.45, 7) is 1.30. The smallest absolute Gasteiger partial charge is 0.315 e. The zero-order chi connectivity index (χ0) is 8.20. The third kappa shape index (κ3) is 1.65. The molecule has 0 fully saturated rings. The number of rotatable bonds is 4. The van der Waals surface area contributed by atoms with E-state index in [9.17, 15) is 4.39 Å².